The van der Waals surface area contributed by atoms with Crippen molar-refractivity contribution in [2.24, 2.45) is 7.05 Å². The largest absolute Gasteiger partial charge is 0.482 e. The first-order valence-electron chi connectivity index (χ1n) is 12.3. The van der Waals surface area contributed by atoms with Gasteiger partial charge in [0.15, 0.2) is 6.61 Å². The Kier molecular flexibility index (Phi) is 7.13. The van der Waals surface area contributed by atoms with E-state index in [0.717, 1.165) is 45.0 Å². The molecule has 0 fully saturated rings. The minimum atomic E-state index is -0.386. The smallest absolute Gasteiger partial charge is 0.344 e. The fourth-order valence-corrected chi connectivity index (χ4v) is 4.49. The summed E-state index contributed by atoms with van der Waals surface area (Å²) in [5, 5.41) is 0. The number of benzene rings is 4. The van der Waals surface area contributed by atoms with E-state index in [1.54, 1.807) is 6.92 Å². The number of ether oxygens (including phenoxy) is 2. The molecule has 0 atom stereocenters. The quantitative estimate of drug-likeness (QED) is 0.220. The highest BCUT2D eigenvalue weighted by Gasteiger charge is 2.21. The molecule has 0 aliphatic heterocycles. The lowest BCUT2D eigenvalue weighted by Gasteiger charge is -2.13. The average Bonchev–Trinajstić information content (AvgIpc) is 3.30. The number of hydrogen-bond acceptors (Lipinski definition) is 4. The number of imidazole rings is 1. The van der Waals surface area contributed by atoms with Gasteiger partial charge in [-0.1, -0.05) is 97.1 Å². The van der Waals surface area contributed by atoms with Gasteiger partial charge in [-0.2, -0.15) is 0 Å². The number of carbonyl (C=O) groups is 1. The molecule has 1 aromatic heterocycles. The minimum Gasteiger partial charge on any atom is -0.482 e. The summed E-state index contributed by atoms with van der Waals surface area (Å²) < 4.78 is 12.8. The second-order valence-corrected chi connectivity index (χ2v) is 8.59. The van der Waals surface area contributed by atoms with Crippen LogP contribution in [0.1, 0.15) is 6.92 Å². The molecule has 5 nitrogen and oxygen atoms in total. The molecule has 0 saturated heterocycles. The van der Waals surface area contributed by atoms with Gasteiger partial charge < -0.3 is 14.0 Å². The third-order valence-corrected chi connectivity index (χ3v) is 6.16. The number of nitrogens with zero attached hydrogens (tertiary/aromatic N) is 2. The summed E-state index contributed by atoms with van der Waals surface area (Å²) in [6.07, 6.45) is 0. The van der Waals surface area contributed by atoms with Gasteiger partial charge in [-0.25, -0.2) is 9.78 Å². The van der Waals surface area contributed by atoms with Gasteiger partial charge in [-0.05, 0) is 30.2 Å². The molecule has 5 aromatic rings. The summed E-state index contributed by atoms with van der Waals surface area (Å²) in [5.74, 6) is 1.09. The Hall–Kier alpha value is -4.64. The lowest BCUT2D eigenvalue weighted by molar-refractivity contribution is -0.145. The van der Waals surface area contributed by atoms with Crippen molar-refractivity contribution in [1.29, 1.82) is 0 Å². The average molecular weight is 489 g/mol. The first kappa shape index (κ1) is 24.1. The highest BCUT2D eigenvalue weighted by atomic mass is 16.6. The maximum atomic E-state index is 11.8. The van der Waals surface area contributed by atoms with E-state index in [1.807, 2.05) is 72.8 Å². The monoisotopic (exact) mass is 488 g/mol. The van der Waals surface area contributed by atoms with Crippen molar-refractivity contribution < 1.29 is 14.3 Å². The van der Waals surface area contributed by atoms with Crippen LogP contribution in [0.25, 0.3) is 45.0 Å². The molecule has 0 saturated carbocycles. The van der Waals surface area contributed by atoms with Gasteiger partial charge in [0.2, 0.25) is 0 Å². The second-order valence-electron chi connectivity index (χ2n) is 8.59. The normalized spacial score (nSPS) is 10.8. The lowest BCUT2D eigenvalue weighted by Crippen LogP contribution is -2.14. The summed E-state index contributed by atoms with van der Waals surface area (Å²) in [6, 6.07) is 36.6. The van der Waals surface area contributed by atoms with Gasteiger partial charge in [0.05, 0.1) is 18.0 Å². The van der Waals surface area contributed by atoms with Crippen LogP contribution >= 0.6 is 0 Å². The Bertz CT molecular complexity index is 1510. The van der Waals surface area contributed by atoms with Crippen LogP contribution in [0.15, 0.2) is 109 Å². The highest BCUT2D eigenvalue weighted by molar-refractivity contribution is 5.87. The Labute approximate surface area is 217 Å². The SMILES string of the molecule is CCOC(=O)COc1cccc(-c2ccccc2-c2nc(-c3ccccc3)c(-c3ccccc3)n2C)c1. The molecule has 0 unspecified atom stereocenters. The van der Waals surface area contributed by atoms with E-state index >= 15 is 0 Å². The summed E-state index contributed by atoms with van der Waals surface area (Å²) >= 11 is 0. The molecule has 0 bridgehead atoms. The van der Waals surface area contributed by atoms with Crippen molar-refractivity contribution in [3.05, 3.63) is 109 Å². The molecular formula is C32H28N2O3. The van der Waals surface area contributed by atoms with Crippen molar-refractivity contribution in [3.63, 3.8) is 0 Å². The van der Waals surface area contributed by atoms with Crippen LogP contribution in [0.5, 0.6) is 5.75 Å². The molecular weight excluding hydrogens is 460 g/mol. The van der Waals surface area contributed by atoms with Crippen LogP contribution in [-0.4, -0.2) is 28.7 Å². The second kappa shape index (κ2) is 11.0. The molecule has 184 valence electrons. The Morgan fingerprint density at radius 1 is 0.757 bits per heavy atom. The number of aromatic nitrogens is 2. The first-order chi connectivity index (χ1) is 18.2. The standard InChI is InChI=1S/C32H28N2O3/c1-3-36-29(35)22-37-26-18-12-17-25(21-26)27-19-10-11-20-28(27)32-33-30(23-13-6-4-7-14-23)31(34(32)2)24-15-8-5-9-16-24/h4-21H,3,22H2,1-2H3. The van der Waals surface area contributed by atoms with E-state index < -0.39 is 0 Å². The van der Waals surface area contributed by atoms with Gasteiger partial charge in [0.25, 0.3) is 0 Å². The third kappa shape index (κ3) is 5.16. The third-order valence-electron chi connectivity index (χ3n) is 6.16. The molecule has 0 aliphatic carbocycles. The topological polar surface area (TPSA) is 53.4 Å². The van der Waals surface area contributed by atoms with Crippen LogP contribution in [-0.2, 0) is 16.6 Å². The summed E-state index contributed by atoms with van der Waals surface area (Å²) in [5.41, 5.74) is 7.17. The maximum absolute atomic E-state index is 11.8. The number of hydrogen-bond donors (Lipinski definition) is 0. The van der Waals surface area contributed by atoms with Crippen molar-refractivity contribution in [3.8, 4) is 50.8 Å². The molecule has 5 heteroatoms. The van der Waals surface area contributed by atoms with Crippen LogP contribution in [0.4, 0.5) is 0 Å². The summed E-state index contributed by atoms with van der Waals surface area (Å²) in [6.45, 7) is 1.98. The van der Waals surface area contributed by atoms with Gasteiger partial charge in [0.1, 0.15) is 11.6 Å². The Balaban J connectivity index is 1.60. The molecule has 4 aromatic carbocycles. The van der Waals surface area contributed by atoms with Crippen LogP contribution in [0.2, 0.25) is 0 Å². The number of esters is 1. The van der Waals surface area contributed by atoms with E-state index in [2.05, 4.69) is 48.0 Å². The zero-order valence-electron chi connectivity index (χ0n) is 20.9. The van der Waals surface area contributed by atoms with Crippen LogP contribution < -0.4 is 4.74 Å². The van der Waals surface area contributed by atoms with Crippen molar-refractivity contribution >= 4 is 5.97 Å². The molecule has 1 heterocycles. The summed E-state index contributed by atoms with van der Waals surface area (Å²) in [7, 11) is 2.06. The number of carbonyl (C=O) groups excluding carboxylic acids is 1. The zero-order chi connectivity index (χ0) is 25.6. The van der Waals surface area contributed by atoms with Gasteiger partial charge in [-0.15, -0.1) is 0 Å². The molecule has 0 aliphatic rings. The number of rotatable bonds is 8. The van der Waals surface area contributed by atoms with Crippen molar-refractivity contribution in [2.75, 3.05) is 13.2 Å². The van der Waals surface area contributed by atoms with E-state index in [-0.39, 0.29) is 12.6 Å². The Morgan fingerprint density at radius 2 is 1.38 bits per heavy atom. The lowest BCUT2D eigenvalue weighted by atomic mass is 9.99. The molecule has 0 spiro atoms. The fourth-order valence-electron chi connectivity index (χ4n) is 4.49. The van der Waals surface area contributed by atoms with E-state index in [0.29, 0.717) is 12.4 Å². The van der Waals surface area contributed by atoms with E-state index in [9.17, 15) is 4.79 Å². The zero-order valence-corrected chi connectivity index (χ0v) is 20.9. The molecule has 0 amide bonds. The van der Waals surface area contributed by atoms with E-state index in [1.165, 1.54) is 0 Å². The van der Waals surface area contributed by atoms with Crippen molar-refractivity contribution in [2.45, 2.75) is 6.92 Å². The molecule has 5 rings (SSSR count). The highest BCUT2D eigenvalue weighted by Crippen LogP contribution is 2.39. The molecule has 37 heavy (non-hydrogen) atoms. The summed E-state index contributed by atoms with van der Waals surface area (Å²) in [4.78, 5) is 16.9. The van der Waals surface area contributed by atoms with Crippen LogP contribution in [0.3, 0.4) is 0 Å². The predicted molar refractivity (Wildman–Crippen MR) is 147 cm³/mol. The van der Waals surface area contributed by atoms with Gasteiger partial charge in [0, 0.05) is 23.7 Å². The van der Waals surface area contributed by atoms with Gasteiger partial charge in [-0.3, -0.25) is 0 Å². The van der Waals surface area contributed by atoms with Crippen LogP contribution in [0, 0.1) is 0 Å². The molecule has 0 radical (unpaired) electrons. The van der Waals surface area contributed by atoms with Crippen molar-refractivity contribution in [1.82, 2.24) is 9.55 Å². The maximum Gasteiger partial charge on any atom is 0.344 e. The fraction of sp³-hybridized carbons (Fsp3) is 0.125. The minimum absolute atomic E-state index is 0.126. The first-order valence-corrected chi connectivity index (χ1v) is 12.3. The van der Waals surface area contributed by atoms with E-state index in [4.69, 9.17) is 14.5 Å². The van der Waals surface area contributed by atoms with Gasteiger partial charge >= 0.3 is 5.97 Å². The Morgan fingerprint density at radius 3 is 2.08 bits per heavy atom. The predicted octanol–water partition coefficient (Wildman–Crippen LogP) is 7.03. The molecule has 0 N–H and O–H groups in total.